The second kappa shape index (κ2) is 5.46. The first-order valence-electron chi connectivity index (χ1n) is 7.15. The molecule has 1 aromatic heterocycles. The van der Waals surface area contributed by atoms with E-state index in [1.807, 2.05) is 25.2 Å². The van der Waals surface area contributed by atoms with Gasteiger partial charge in [-0.05, 0) is 37.1 Å². The number of rotatable bonds is 3. The largest absolute Gasteiger partial charge is 0.376 e. The predicted molar refractivity (Wildman–Crippen MR) is 80.5 cm³/mol. The molecule has 1 aromatic carbocycles. The number of benzene rings is 1. The maximum absolute atomic E-state index is 11.5. The lowest BCUT2D eigenvalue weighted by Crippen LogP contribution is -2.33. The molecule has 112 valence electrons. The minimum absolute atomic E-state index is 0.0577. The first kappa shape index (κ1) is 14.0. The van der Waals surface area contributed by atoms with Crippen LogP contribution in [0.25, 0.3) is 11.0 Å². The van der Waals surface area contributed by atoms with E-state index < -0.39 is 11.1 Å². The Labute approximate surface area is 121 Å². The first-order chi connectivity index (χ1) is 10.1. The average molecular weight is 289 g/mol. The van der Waals surface area contributed by atoms with Crippen molar-refractivity contribution in [1.82, 2.24) is 15.3 Å². The molecule has 3 atom stereocenters. The van der Waals surface area contributed by atoms with Crippen molar-refractivity contribution in [3.8, 4) is 0 Å². The zero-order chi connectivity index (χ0) is 15.0. The number of H-pyrrole nitrogens is 2. The zero-order valence-electron chi connectivity index (χ0n) is 12.1. The molecule has 2 heterocycles. The summed E-state index contributed by atoms with van der Waals surface area (Å²) < 4.78 is 5.84. The summed E-state index contributed by atoms with van der Waals surface area (Å²) >= 11 is 0. The molecule has 6 heteroatoms. The smallest absolute Gasteiger partial charge is 0.314 e. The molecule has 21 heavy (non-hydrogen) atoms. The van der Waals surface area contributed by atoms with Crippen LogP contribution in [0.2, 0.25) is 0 Å². The second-order valence-corrected chi connectivity index (χ2v) is 5.58. The summed E-state index contributed by atoms with van der Waals surface area (Å²) in [6, 6.07) is 5.71. The van der Waals surface area contributed by atoms with E-state index in [4.69, 9.17) is 4.74 Å². The van der Waals surface area contributed by atoms with Crippen molar-refractivity contribution in [3.63, 3.8) is 0 Å². The lowest BCUT2D eigenvalue weighted by Gasteiger charge is -2.26. The van der Waals surface area contributed by atoms with Crippen LogP contribution in [0.4, 0.5) is 0 Å². The summed E-state index contributed by atoms with van der Waals surface area (Å²) in [7, 11) is 1.90. The predicted octanol–water partition coefficient (Wildman–Crippen LogP) is 0.902. The number of aromatic nitrogens is 2. The molecule has 3 unspecified atom stereocenters. The van der Waals surface area contributed by atoms with Gasteiger partial charge in [-0.3, -0.25) is 9.59 Å². The normalized spacial score (nSPS) is 23.5. The van der Waals surface area contributed by atoms with Crippen LogP contribution in [-0.2, 0) is 4.74 Å². The van der Waals surface area contributed by atoms with Crippen LogP contribution in [-0.4, -0.2) is 29.7 Å². The van der Waals surface area contributed by atoms with Crippen LogP contribution >= 0.6 is 0 Å². The van der Waals surface area contributed by atoms with E-state index in [0.717, 1.165) is 18.6 Å². The number of ether oxygens (including phenoxy) is 1. The number of aromatic amines is 2. The Morgan fingerprint density at radius 1 is 1.24 bits per heavy atom. The van der Waals surface area contributed by atoms with E-state index in [9.17, 15) is 9.59 Å². The number of hydrogen-bond donors (Lipinski definition) is 3. The monoisotopic (exact) mass is 289 g/mol. The Morgan fingerprint density at radius 2 is 1.95 bits per heavy atom. The third-order valence-electron chi connectivity index (χ3n) is 4.19. The lowest BCUT2D eigenvalue weighted by atomic mass is 9.92. The van der Waals surface area contributed by atoms with Gasteiger partial charge >= 0.3 is 11.1 Å². The van der Waals surface area contributed by atoms with Crippen LogP contribution in [0.5, 0.6) is 0 Å². The summed E-state index contributed by atoms with van der Waals surface area (Å²) in [4.78, 5) is 28.0. The van der Waals surface area contributed by atoms with E-state index in [1.54, 1.807) is 0 Å². The standard InChI is InChI=1S/C15H19N3O3/c1-8-5-6-21-13(8)12(16-2)9-3-4-10-11(7-9)18-15(20)14(19)17-10/h3-4,7-8,12-13,16H,5-6H2,1-2H3,(H,17,19)(H,18,20). The van der Waals surface area contributed by atoms with Crippen molar-refractivity contribution in [3.05, 3.63) is 44.5 Å². The fourth-order valence-corrected chi connectivity index (χ4v) is 2.99. The van der Waals surface area contributed by atoms with E-state index in [2.05, 4.69) is 22.2 Å². The van der Waals surface area contributed by atoms with Crippen LogP contribution in [0.15, 0.2) is 27.8 Å². The van der Waals surface area contributed by atoms with Crippen molar-refractivity contribution >= 4 is 11.0 Å². The third kappa shape index (κ3) is 2.52. The van der Waals surface area contributed by atoms with E-state index in [1.165, 1.54) is 0 Å². The van der Waals surface area contributed by atoms with Gasteiger partial charge in [0.05, 0.1) is 23.2 Å². The first-order valence-corrected chi connectivity index (χ1v) is 7.15. The molecule has 2 aromatic rings. The van der Waals surface area contributed by atoms with Gasteiger partial charge in [0.25, 0.3) is 0 Å². The fraction of sp³-hybridized carbons (Fsp3) is 0.467. The molecule has 0 bridgehead atoms. The van der Waals surface area contributed by atoms with Crippen molar-refractivity contribution in [2.45, 2.75) is 25.5 Å². The van der Waals surface area contributed by atoms with Crippen molar-refractivity contribution < 1.29 is 4.74 Å². The number of fused-ring (bicyclic) bond motifs is 1. The van der Waals surface area contributed by atoms with E-state index >= 15 is 0 Å². The highest BCUT2D eigenvalue weighted by molar-refractivity contribution is 5.74. The molecule has 0 amide bonds. The average Bonchev–Trinajstić information content (AvgIpc) is 2.88. The van der Waals surface area contributed by atoms with Crippen LogP contribution in [0.3, 0.4) is 0 Å². The van der Waals surface area contributed by atoms with E-state index in [-0.39, 0.29) is 12.1 Å². The van der Waals surface area contributed by atoms with Crippen molar-refractivity contribution in [1.29, 1.82) is 0 Å². The molecule has 1 saturated heterocycles. The van der Waals surface area contributed by atoms with Gasteiger partial charge in [-0.2, -0.15) is 0 Å². The molecule has 3 rings (SSSR count). The molecule has 3 N–H and O–H groups in total. The molecule has 6 nitrogen and oxygen atoms in total. The summed E-state index contributed by atoms with van der Waals surface area (Å²) in [5.74, 6) is 0.479. The van der Waals surface area contributed by atoms with Crippen LogP contribution in [0.1, 0.15) is 24.9 Å². The summed E-state index contributed by atoms with van der Waals surface area (Å²) in [6.45, 7) is 2.96. The molecular formula is C15H19N3O3. The quantitative estimate of drug-likeness (QED) is 0.733. The Morgan fingerprint density at radius 3 is 2.57 bits per heavy atom. The summed E-state index contributed by atoms with van der Waals surface area (Å²) in [5, 5.41) is 3.29. The minimum Gasteiger partial charge on any atom is -0.376 e. The Kier molecular flexibility index (Phi) is 3.65. The maximum atomic E-state index is 11.5. The summed E-state index contributed by atoms with van der Waals surface area (Å²) in [5.41, 5.74) is 1.02. The molecule has 0 aliphatic carbocycles. The lowest BCUT2D eigenvalue weighted by molar-refractivity contribution is 0.0631. The molecule has 0 saturated carbocycles. The molecule has 0 radical (unpaired) electrons. The highest BCUT2D eigenvalue weighted by Gasteiger charge is 2.32. The fourth-order valence-electron chi connectivity index (χ4n) is 2.99. The zero-order valence-corrected chi connectivity index (χ0v) is 12.1. The highest BCUT2D eigenvalue weighted by atomic mass is 16.5. The Bertz CT molecular complexity index is 765. The van der Waals surface area contributed by atoms with Gasteiger partial charge in [0, 0.05) is 6.61 Å². The van der Waals surface area contributed by atoms with Gasteiger partial charge in [0.15, 0.2) is 0 Å². The van der Waals surface area contributed by atoms with Crippen molar-refractivity contribution in [2.75, 3.05) is 13.7 Å². The number of nitrogens with one attached hydrogen (secondary N) is 3. The van der Waals surface area contributed by atoms with Crippen LogP contribution in [0, 0.1) is 5.92 Å². The molecule has 0 spiro atoms. The number of likely N-dealkylation sites (N-methyl/N-ethyl adjacent to an activating group) is 1. The number of hydrogen-bond acceptors (Lipinski definition) is 4. The minimum atomic E-state index is -0.633. The maximum Gasteiger partial charge on any atom is 0.314 e. The Hall–Kier alpha value is -1.92. The van der Waals surface area contributed by atoms with E-state index in [0.29, 0.717) is 17.0 Å². The van der Waals surface area contributed by atoms with Crippen molar-refractivity contribution in [2.24, 2.45) is 5.92 Å². The molecule has 1 aliphatic heterocycles. The third-order valence-corrected chi connectivity index (χ3v) is 4.19. The molecule has 1 aliphatic rings. The molecule has 1 fully saturated rings. The van der Waals surface area contributed by atoms with Gasteiger partial charge in [-0.15, -0.1) is 0 Å². The molecular weight excluding hydrogens is 270 g/mol. The second-order valence-electron chi connectivity index (χ2n) is 5.58. The van der Waals surface area contributed by atoms with Gasteiger partial charge in [0.2, 0.25) is 0 Å². The SMILES string of the molecule is CNC(c1ccc2[nH]c(=O)c(=O)[nH]c2c1)C1OCCC1C. The highest BCUT2D eigenvalue weighted by Crippen LogP contribution is 2.31. The summed E-state index contributed by atoms with van der Waals surface area (Å²) in [6.07, 6.45) is 1.17. The topological polar surface area (TPSA) is 87.0 Å². The van der Waals surface area contributed by atoms with Crippen LogP contribution < -0.4 is 16.4 Å². The Balaban J connectivity index is 2.04. The van der Waals surface area contributed by atoms with Gasteiger partial charge in [-0.25, -0.2) is 0 Å². The van der Waals surface area contributed by atoms with Gasteiger partial charge in [0.1, 0.15) is 0 Å². The van der Waals surface area contributed by atoms with Gasteiger partial charge < -0.3 is 20.0 Å². The van der Waals surface area contributed by atoms with Gasteiger partial charge in [-0.1, -0.05) is 13.0 Å².